The molecule has 118 valence electrons. The molecule has 0 bridgehead atoms. The molecule has 0 saturated carbocycles. The van der Waals surface area contributed by atoms with E-state index in [0.717, 1.165) is 4.31 Å². The van der Waals surface area contributed by atoms with Crippen molar-refractivity contribution in [3.05, 3.63) is 22.7 Å². The number of nitrogens with one attached hydrogen (secondary N) is 1. The van der Waals surface area contributed by atoms with Crippen LogP contribution in [0, 0.1) is 0 Å². The number of hydrogen-bond donors (Lipinski definition) is 1. The maximum absolute atomic E-state index is 12.1. The van der Waals surface area contributed by atoms with Crippen molar-refractivity contribution in [1.29, 1.82) is 0 Å². The Labute approximate surface area is 129 Å². The molecule has 1 rings (SSSR count). The monoisotopic (exact) mass is 335 g/mol. The summed E-state index contributed by atoms with van der Waals surface area (Å²) in [5.41, 5.74) is 0.273. The van der Waals surface area contributed by atoms with Crippen LogP contribution in [-0.4, -0.2) is 58.8 Å². The van der Waals surface area contributed by atoms with Gasteiger partial charge in [-0.25, -0.2) is 0 Å². The van der Waals surface area contributed by atoms with Gasteiger partial charge in [-0.2, -0.15) is 12.7 Å². The summed E-state index contributed by atoms with van der Waals surface area (Å²) in [4.78, 5) is 13.5. The first-order chi connectivity index (χ1) is 9.60. The molecule has 0 atom stereocenters. The normalized spacial score (nSPS) is 11.4. The second kappa shape index (κ2) is 6.50. The molecule has 1 aromatic carbocycles. The van der Waals surface area contributed by atoms with Crippen LogP contribution >= 0.6 is 11.6 Å². The molecule has 1 aromatic rings. The Hall–Kier alpha value is -1.51. The first kappa shape index (κ1) is 17.5. The van der Waals surface area contributed by atoms with Gasteiger partial charge < -0.3 is 9.64 Å². The number of carbonyl (C=O) groups excluding carboxylic acids is 1. The number of hydrogen-bond acceptors (Lipinski definition) is 4. The van der Waals surface area contributed by atoms with E-state index in [-0.39, 0.29) is 27.9 Å². The zero-order valence-corrected chi connectivity index (χ0v) is 14.0. The van der Waals surface area contributed by atoms with Crippen molar-refractivity contribution in [3.63, 3.8) is 0 Å². The topological polar surface area (TPSA) is 79.0 Å². The molecule has 0 aliphatic heterocycles. The van der Waals surface area contributed by atoms with Crippen molar-refractivity contribution in [2.24, 2.45) is 0 Å². The third-order valence-electron chi connectivity index (χ3n) is 2.61. The highest BCUT2D eigenvalue weighted by Gasteiger charge is 2.22. The third kappa shape index (κ3) is 3.99. The van der Waals surface area contributed by atoms with Gasteiger partial charge in [0.15, 0.2) is 5.75 Å². The predicted octanol–water partition coefficient (Wildman–Crippen LogP) is 1.27. The molecule has 1 N–H and O–H groups in total. The van der Waals surface area contributed by atoms with Crippen LogP contribution in [-0.2, 0) is 10.2 Å². The highest BCUT2D eigenvalue weighted by Crippen LogP contribution is 2.34. The zero-order chi connectivity index (χ0) is 16.4. The van der Waals surface area contributed by atoms with Gasteiger partial charge >= 0.3 is 10.2 Å². The molecule has 7 nitrogen and oxygen atoms in total. The number of benzene rings is 1. The Morgan fingerprint density at radius 2 is 1.81 bits per heavy atom. The summed E-state index contributed by atoms with van der Waals surface area (Å²) >= 11 is 5.96. The van der Waals surface area contributed by atoms with Crippen molar-refractivity contribution < 1.29 is 17.9 Å². The molecule has 0 fully saturated rings. The van der Waals surface area contributed by atoms with Gasteiger partial charge in [-0.15, -0.1) is 0 Å². The van der Waals surface area contributed by atoms with Crippen molar-refractivity contribution in [2.75, 3.05) is 40.0 Å². The summed E-state index contributed by atoms with van der Waals surface area (Å²) in [5.74, 6) is -0.233. The van der Waals surface area contributed by atoms with E-state index >= 15 is 0 Å². The van der Waals surface area contributed by atoms with Gasteiger partial charge in [-0.3, -0.25) is 9.52 Å². The standard InChI is InChI=1S/C12H18ClN3O4S/c1-15(2)12(17)9-6-8(13)7-10(11(9)20-5)14-21(18,19)16(3)4/h6-7,14H,1-5H3. The van der Waals surface area contributed by atoms with Crippen LogP contribution < -0.4 is 9.46 Å². The minimum atomic E-state index is -3.74. The van der Waals surface area contributed by atoms with E-state index in [0.29, 0.717) is 0 Å². The van der Waals surface area contributed by atoms with Gasteiger partial charge in [-0.05, 0) is 12.1 Å². The molecular formula is C12H18ClN3O4S. The molecule has 9 heteroatoms. The van der Waals surface area contributed by atoms with Crippen LogP contribution in [0.4, 0.5) is 5.69 Å². The first-order valence-corrected chi connectivity index (χ1v) is 7.71. The number of methoxy groups -OCH3 is 1. The van der Waals surface area contributed by atoms with E-state index < -0.39 is 10.2 Å². The molecule has 0 aliphatic carbocycles. The third-order valence-corrected chi connectivity index (χ3v) is 4.27. The van der Waals surface area contributed by atoms with Crippen LogP contribution in [0.2, 0.25) is 5.02 Å². The molecule has 0 aromatic heterocycles. The van der Waals surface area contributed by atoms with Crippen molar-refractivity contribution in [1.82, 2.24) is 9.21 Å². The highest BCUT2D eigenvalue weighted by atomic mass is 35.5. The lowest BCUT2D eigenvalue weighted by Gasteiger charge is -2.19. The molecule has 0 spiro atoms. The summed E-state index contributed by atoms with van der Waals surface area (Å²) in [6.07, 6.45) is 0. The van der Waals surface area contributed by atoms with Crippen LogP contribution in [0.3, 0.4) is 0 Å². The Morgan fingerprint density at radius 1 is 1.24 bits per heavy atom. The average Bonchev–Trinajstić information content (AvgIpc) is 2.36. The summed E-state index contributed by atoms with van der Waals surface area (Å²) in [6, 6.07) is 2.81. The zero-order valence-electron chi connectivity index (χ0n) is 12.5. The maximum atomic E-state index is 12.1. The van der Waals surface area contributed by atoms with Gasteiger partial charge in [0, 0.05) is 33.2 Å². The second-order valence-corrected chi connectivity index (χ2v) is 6.94. The summed E-state index contributed by atoms with van der Waals surface area (Å²) < 4.78 is 32.3. The summed E-state index contributed by atoms with van der Waals surface area (Å²) in [5, 5.41) is 0.220. The number of ether oxygens (including phenoxy) is 1. The first-order valence-electron chi connectivity index (χ1n) is 5.89. The van der Waals surface area contributed by atoms with E-state index in [1.54, 1.807) is 14.1 Å². The van der Waals surface area contributed by atoms with E-state index in [1.165, 1.54) is 38.2 Å². The fourth-order valence-corrected chi connectivity index (χ4v) is 2.35. The summed E-state index contributed by atoms with van der Waals surface area (Å²) in [6.45, 7) is 0. The summed E-state index contributed by atoms with van der Waals surface area (Å²) in [7, 11) is 3.52. The SMILES string of the molecule is COc1c(NS(=O)(=O)N(C)C)cc(Cl)cc1C(=O)N(C)C. The van der Waals surface area contributed by atoms with Gasteiger partial charge in [0.25, 0.3) is 5.91 Å². The number of nitrogens with zero attached hydrogens (tertiary/aromatic N) is 2. The number of rotatable bonds is 5. The van der Waals surface area contributed by atoms with E-state index in [9.17, 15) is 13.2 Å². The van der Waals surface area contributed by atoms with Gasteiger partial charge in [0.1, 0.15) is 0 Å². The van der Waals surface area contributed by atoms with Crippen LogP contribution in [0.5, 0.6) is 5.75 Å². The maximum Gasteiger partial charge on any atom is 0.301 e. The number of anilines is 1. The lowest BCUT2D eigenvalue weighted by molar-refractivity contribution is 0.0824. The van der Waals surface area contributed by atoms with E-state index in [4.69, 9.17) is 16.3 Å². The largest absolute Gasteiger partial charge is 0.494 e. The number of carbonyl (C=O) groups is 1. The predicted molar refractivity (Wildman–Crippen MR) is 82.3 cm³/mol. The fourth-order valence-electron chi connectivity index (χ4n) is 1.52. The molecule has 0 saturated heterocycles. The Morgan fingerprint density at radius 3 is 2.24 bits per heavy atom. The molecule has 21 heavy (non-hydrogen) atoms. The quantitative estimate of drug-likeness (QED) is 0.878. The number of halogens is 1. The Kier molecular flexibility index (Phi) is 5.43. The van der Waals surface area contributed by atoms with E-state index in [2.05, 4.69) is 4.72 Å². The van der Waals surface area contributed by atoms with Crippen molar-refractivity contribution in [2.45, 2.75) is 0 Å². The van der Waals surface area contributed by atoms with Gasteiger partial charge in [0.2, 0.25) is 0 Å². The highest BCUT2D eigenvalue weighted by molar-refractivity contribution is 7.90. The molecule has 1 amide bonds. The molecule has 0 unspecified atom stereocenters. The smallest absolute Gasteiger partial charge is 0.301 e. The van der Waals surface area contributed by atoms with Crippen LogP contribution in [0.25, 0.3) is 0 Å². The molecule has 0 aliphatic rings. The number of amides is 1. The van der Waals surface area contributed by atoms with Crippen molar-refractivity contribution in [3.8, 4) is 5.75 Å². The molecule has 0 heterocycles. The van der Waals surface area contributed by atoms with Crippen molar-refractivity contribution >= 4 is 33.4 Å². The van der Waals surface area contributed by atoms with Gasteiger partial charge in [-0.1, -0.05) is 11.6 Å². The second-order valence-electron chi connectivity index (χ2n) is 4.62. The Bertz CT molecular complexity index is 644. The Balaban J connectivity index is 3.43. The molecular weight excluding hydrogens is 318 g/mol. The minimum Gasteiger partial charge on any atom is -0.494 e. The average molecular weight is 336 g/mol. The lowest BCUT2D eigenvalue weighted by Crippen LogP contribution is -2.29. The minimum absolute atomic E-state index is 0.101. The van der Waals surface area contributed by atoms with Crippen LogP contribution in [0.1, 0.15) is 10.4 Å². The van der Waals surface area contributed by atoms with Gasteiger partial charge in [0.05, 0.1) is 18.4 Å². The van der Waals surface area contributed by atoms with Crippen LogP contribution in [0.15, 0.2) is 12.1 Å². The fraction of sp³-hybridized carbons (Fsp3) is 0.417. The lowest BCUT2D eigenvalue weighted by atomic mass is 10.1. The molecule has 0 radical (unpaired) electrons. The van der Waals surface area contributed by atoms with E-state index in [1.807, 2.05) is 0 Å².